The number of pyridine rings is 1. The zero-order valence-corrected chi connectivity index (χ0v) is 26.3. The Kier molecular flexibility index (Phi) is 6.30. The van der Waals surface area contributed by atoms with Crippen molar-refractivity contribution in [3.63, 3.8) is 0 Å². The molecule has 0 aliphatic carbocycles. The lowest BCUT2D eigenvalue weighted by Crippen LogP contribution is -2.01. The molecule has 0 amide bonds. The van der Waals surface area contributed by atoms with Gasteiger partial charge in [0.2, 0.25) is 0 Å². The summed E-state index contributed by atoms with van der Waals surface area (Å²) in [5.41, 5.74) is 8.59. The van der Waals surface area contributed by atoms with Gasteiger partial charge >= 0.3 is 0 Å². The van der Waals surface area contributed by atoms with Gasteiger partial charge in [0.15, 0.2) is 5.82 Å². The predicted octanol–water partition coefficient (Wildman–Crippen LogP) is 12.0. The Labute approximate surface area is 275 Å². The summed E-state index contributed by atoms with van der Waals surface area (Å²) in [7, 11) is 0. The van der Waals surface area contributed by atoms with Gasteiger partial charge in [-0.1, -0.05) is 128 Å². The zero-order chi connectivity index (χ0) is 31.5. The van der Waals surface area contributed by atoms with Crippen LogP contribution < -0.4 is 0 Å². The third-order valence-corrected chi connectivity index (χ3v) is 10.2. The molecule has 0 atom stereocenters. The number of thiophene rings is 1. The summed E-state index contributed by atoms with van der Waals surface area (Å²) >= 11 is 1.80. The summed E-state index contributed by atoms with van der Waals surface area (Å²) in [5, 5.41) is 6.78. The van der Waals surface area contributed by atoms with Crippen molar-refractivity contribution in [2.75, 3.05) is 0 Å². The highest BCUT2D eigenvalue weighted by Crippen LogP contribution is 2.41. The van der Waals surface area contributed by atoms with Gasteiger partial charge < -0.3 is 0 Å². The number of fused-ring (bicyclic) bond motifs is 6. The summed E-state index contributed by atoms with van der Waals surface area (Å²) in [6, 6.07) is 44.7. The summed E-state index contributed by atoms with van der Waals surface area (Å²) < 4.78 is 2.48. The molecule has 4 heteroatoms. The van der Waals surface area contributed by atoms with Gasteiger partial charge in [-0.25, -0.2) is 15.0 Å². The molecule has 0 unspecified atom stereocenters. The normalized spacial score (nSPS) is 11.6. The van der Waals surface area contributed by atoms with Crippen molar-refractivity contribution in [2.24, 2.45) is 0 Å². The third-order valence-electron chi connectivity index (χ3n) is 9.05. The SMILES string of the molecule is C=Cc1c(-c2nc(-c3cccc4c(-c5ccccc5)cccc34)c3ccccc3n2)nc2cc3c(cc2c1C=C)sc1ccccc13. The Hall–Kier alpha value is -5.97. The first kappa shape index (κ1) is 27.3. The van der Waals surface area contributed by atoms with Crippen LogP contribution in [0.5, 0.6) is 0 Å². The molecule has 6 aromatic carbocycles. The Morgan fingerprint density at radius 3 is 1.94 bits per heavy atom. The monoisotopic (exact) mass is 617 g/mol. The standard InChI is InChI=1S/C43H27N3S/c1-3-27-28(4-2)42(44-38-24-36-32-16-9-11-23-39(32)47-40(36)25-35(27)38)43-45-37-22-10-8-17-34(37)41(46-43)33-21-13-19-30-29(18-12-20-31(30)33)26-14-6-5-7-15-26/h3-25H,1-2H2. The molecule has 0 radical (unpaired) electrons. The number of hydrogen-bond acceptors (Lipinski definition) is 4. The summed E-state index contributed by atoms with van der Waals surface area (Å²) in [6.45, 7) is 8.43. The van der Waals surface area contributed by atoms with E-state index >= 15 is 0 Å². The van der Waals surface area contributed by atoms with E-state index in [0.717, 1.165) is 49.6 Å². The zero-order valence-electron chi connectivity index (χ0n) is 25.4. The molecule has 9 rings (SSSR count). The summed E-state index contributed by atoms with van der Waals surface area (Å²) in [6.07, 6.45) is 3.76. The first-order chi connectivity index (χ1) is 23.2. The van der Waals surface area contributed by atoms with Gasteiger partial charge in [0.05, 0.1) is 16.7 Å². The lowest BCUT2D eigenvalue weighted by atomic mass is 9.93. The minimum atomic E-state index is 0.560. The van der Waals surface area contributed by atoms with Crippen LogP contribution in [0.2, 0.25) is 0 Å². The molecule has 0 saturated heterocycles. The number of hydrogen-bond donors (Lipinski definition) is 0. The van der Waals surface area contributed by atoms with E-state index in [-0.39, 0.29) is 0 Å². The van der Waals surface area contributed by atoms with Crippen molar-refractivity contribution in [3.8, 4) is 33.9 Å². The number of benzene rings is 6. The Bertz CT molecular complexity index is 2720. The number of rotatable bonds is 5. The van der Waals surface area contributed by atoms with Crippen LogP contribution in [0, 0.1) is 0 Å². The van der Waals surface area contributed by atoms with Crippen molar-refractivity contribution in [1.82, 2.24) is 15.0 Å². The molecule has 0 saturated carbocycles. The van der Waals surface area contributed by atoms with Crippen LogP contribution >= 0.6 is 11.3 Å². The van der Waals surface area contributed by atoms with Crippen LogP contribution in [-0.4, -0.2) is 15.0 Å². The lowest BCUT2D eigenvalue weighted by Gasteiger charge is -2.15. The van der Waals surface area contributed by atoms with Crippen LogP contribution in [0.15, 0.2) is 141 Å². The fourth-order valence-electron chi connectivity index (χ4n) is 6.89. The van der Waals surface area contributed by atoms with E-state index in [1.807, 2.05) is 24.3 Å². The van der Waals surface area contributed by atoms with Crippen molar-refractivity contribution >= 4 is 76.2 Å². The molecule has 3 heterocycles. The minimum absolute atomic E-state index is 0.560. The van der Waals surface area contributed by atoms with Crippen molar-refractivity contribution in [3.05, 3.63) is 152 Å². The van der Waals surface area contributed by atoms with E-state index < -0.39 is 0 Å². The van der Waals surface area contributed by atoms with E-state index in [9.17, 15) is 0 Å². The molecule has 47 heavy (non-hydrogen) atoms. The maximum Gasteiger partial charge on any atom is 0.179 e. The van der Waals surface area contributed by atoms with Gasteiger partial charge in [-0.15, -0.1) is 11.3 Å². The highest BCUT2D eigenvalue weighted by atomic mass is 32.1. The molecule has 0 aliphatic rings. The number of nitrogens with zero attached hydrogens (tertiary/aromatic N) is 3. The molecule has 3 aromatic heterocycles. The van der Waals surface area contributed by atoms with Crippen molar-refractivity contribution in [2.45, 2.75) is 0 Å². The van der Waals surface area contributed by atoms with Crippen LogP contribution in [-0.2, 0) is 0 Å². The average molecular weight is 618 g/mol. The molecule has 0 fully saturated rings. The van der Waals surface area contributed by atoms with E-state index in [4.69, 9.17) is 15.0 Å². The minimum Gasteiger partial charge on any atom is -0.244 e. The second kappa shape index (κ2) is 10.8. The molecular weight excluding hydrogens is 591 g/mol. The number of aromatic nitrogens is 3. The molecule has 9 aromatic rings. The second-order valence-corrected chi connectivity index (χ2v) is 12.7. The molecular formula is C43H27N3S. The largest absolute Gasteiger partial charge is 0.244 e. The Morgan fingerprint density at radius 1 is 0.447 bits per heavy atom. The topological polar surface area (TPSA) is 38.7 Å². The van der Waals surface area contributed by atoms with Gasteiger partial charge in [-0.05, 0) is 51.7 Å². The number of para-hydroxylation sites is 1. The smallest absolute Gasteiger partial charge is 0.179 e. The van der Waals surface area contributed by atoms with Gasteiger partial charge in [0, 0.05) is 42.1 Å². The van der Waals surface area contributed by atoms with E-state index in [2.05, 4.69) is 128 Å². The first-order valence-corrected chi connectivity index (χ1v) is 16.4. The first-order valence-electron chi connectivity index (χ1n) is 15.6. The van der Waals surface area contributed by atoms with E-state index in [1.165, 1.54) is 36.7 Å². The maximum atomic E-state index is 5.33. The molecule has 0 spiro atoms. The Balaban J connectivity index is 1.33. The highest BCUT2D eigenvalue weighted by molar-refractivity contribution is 7.25. The fourth-order valence-corrected chi connectivity index (χ4v) is 8.02. The highest BCUT2D eigenvalue weighted by Gasteiger charge is 2.20. The van der Waals surface area contributed by atoms with Crippen LogP contribution in [0.25, 0.3) is 98.8 Å². The van der Waals surface area contributed by atoms with Crippen molar-refractivity contribution in [1.29, 1.82) is 0 Å². The van der Waals surface area contributed by atoms with Gasteiger partial charge in [-0.2, -0.15) is 0 Å². The summed E-state index contributed by atoms with van der Waals surface area (Å²) in [5.74, 6) is 0.560. The van der Waals surface area contributed by atoms with Crippen LogP contribution in [0.4, 0.5) is 0 Å². The maximum absolute atomic E-state index is 5.33. The van der Waals surface area contributed by atoms with Gasteiger partial charge in [0.25, 0.3) is 0 Å². The third kappa shape index (κ3) is 4.30. The predicted molar refractivity (Wildman–Crippen MR) is 202 cm³/mol. The van der Waals surface area contributed by atoms with Gasteiger partial charge in [-0.3, -0.25) is 0 Å². The second-order valence-electron chi connectivity index (χ2n) is 11.6. The summed E-state index contributed by atoms with van der Waals surface area (Å²) in [4.78, 5) is 15.7. The molecule has 0 N–H and O–H groups in total. The average Bonchev–Trinajstić information content (AvgIpc) is 3.50. The Morgan fingerprint density at radius 2 is 1.13 bits per heavy atom. The fraction of sp³-hybridized carbons (Fsp3) is 0. The molecule has 0 aliphatic heterocycles. The lowest BCUT2D eigenvalue weighted by molar-refractivity contribution is 1.19. The van der Waals surface area contributed by atoms with Crippen LogP contribution in [0.1, 0.15) is 11.1 Å². The quantitative estimate of drug-likeness (QED) is 0.193. The van der Waals surface area contributed by atoms with E-state index in [0.29, 0.717) is 11.5 Å². The molecule has 3 nitrogen and oxygen atoms in total. The van der Waals surface area contributed by atoms with Crippen LogP contribution in [0.3, 0.4) is 0 Å². The van der Waals surface area contributed by atoms with Crippen molar-refractivity contribution < 1.29 is 0 Å². The van der Waals surface area contributed by atoms with Gasteiger partial charge in [0.1, 0.15) is 5.69 Å². The molecule has 0 bridgehead atoms. The van der Waals surface area contributed by atoms with E-state index in [1.54, 1.807) is 11.3 Å². The molecule has 220 valence electrons.